The lowest BCUT2D eigenvalue weighted by Crippen LogP contribution is -3.10. The second kappa shape index (κ2) is 9.54. The molecular weight excluding hydrogens is 384 g/mol. The smallest absolute Gasteiger partial charge is 0.339 e. The largest absolute Gasteiger partial charge is 0.465 e. The summed E-state index contributed by atoms with van der Waals surface area (Å²) in [7, 11) is 4.54. The summed E-state index contributed by atoms with van der Waals surface area (Å²) in [5.41, 5.74) is 3.28. The Morgan fingerprint density at radius 3 is 2.53 bits per heavy atom. The first-order chi connectivity index (χ1) is 14.4. The van der Waals surface area contributed by atoms with Gasteiger partial charge in [0, 0.05) is 12.0 Å². The SMILES string of the molecule is COC(=O)c1ccc(C(=O)OC)c(NC(=O)C[NH+](C)[C@H]2CCCc3ccccc32)c1. The van der Waals surface area contributed by atoms with Gasteiger partial charge in [0.25, 0.3) is 5.91 Å². The molecule has 0 fully saturated rings. The first kappa shape index (κ1) is 21.5. The number of aryl methyl sites for hydroxylation is 1. The fourth-order valence-electron chi connectivity index (χ4n) is 4.02. The number of methoxy groups -OCH3 is 2. The number of quaternary nitrogens is 1. The predicted octanol–water partition coefficient (Wildman–Crippen LogP) is 1.79. The number of carbonyl (C=O) groups is 3. The van der Waals surface area contributed by atoms with E-state index in [9.17, 15) is 14.4 Å². The van der Waals surface area contributed by atoms with E-state index in [-0.39, 0.29) is 35.3 Å². The lowest BCUT2D eigenvalue weighted by molar-refractivity contribution is -0.905. The van der Waals surface area contributed by atoms with Crippen LogP contribution in [0.4, 0.5) is 5.69 Å². The highest BCUT2D eigenvalue weighted by Crippen LogP contribution is 2.27. The molecule has 1 aliphatic rings. The fourth-order valence-corrected chi connectivity index (χ4v) is 4.02. The number of hydrogen-bond donors (Lipinski definition) is 2. The highest BCUT2D eigenvalue weighted by Gasteiger charge is 2.28. The maximum Gasteiger partial charge on any atom is 0.339 e. The lowest BCUT2D eigenvalue weighted by Gasteiger charge is -2.30. The van der Waals surface area contributed by atoms with Crippen molar-refractivity contribution in [1.29, 1.82) is 0 Å². The molecule has 1 amide bonds. The standard InChI is InChI=1S/C23H26N2O5/c1-25(20-10-6-8-15-7-4-5-9-17(15)20)14-21(26)24-19-13-16(22(27)29-2)11-12-18(19)23(28)30-3/h4-5,7,9,11-13,20H,6,8,10,14H2,1-3H3,(H,24,26)/p+1/t20-/m0/s1. The number of anilines is 1. The average molecular weight is 411 g/mol. The van der Waals surface area contributed by atoms with Gasteiger partial charge < -0.3 is 19.7 Å². The maximum absolute atomic E-state index is 12.8. The van der Waals surface area contributed by atoms with Gasteiger partial charge in [-0.15, -0.1) is 0 Å². The second-order valence-corrected chi connectivity index (χ2v) is 7.46. The van der Waals surface area contributed by atoms with E-state index in [1.54, 1.807) is 0 Å². The van der Waals surface area contributed by atoms with Gasteiger partial charge in [0.1, 0.15) is 6.04 Å². The second-order valence-electron chi connectivity index (χ2n) is 7.46. The van der Waals surface area contributed by atoms with Gasteiger partial charge >= 0.3 is 11.9 Å². The molecule has 7 nitrogen and oxygen atoms in total. The Hall–Kier alpha value is -3.19. The van der Waals surface area contributed by atoms with Crippen LogP contribution in [0, 0.1) is 0 Å². The maximum atomic E-state index is 12.8. The zero-order valence-corrected chi connectivity index (χ0v) is 17.5. The van der Waals surface area contributed by atoms with Crippen LogP contribution in [0.2, 0.25) is 0 Å². The van der Waals surface area contributed by atoms with Crippen molar-refractivity contribution in [3.05, 3.63) is 64.7 Å². The highest BCUT2D eigenvalue weighted by molar-refractivity contribution is 6.03. The average Bonchev–Trinajstić information content (AvgIpc) is 2.77. The number of nitrogens with one attached hydrogen (secondary N) is 2. The van der Waals surface area contributed by atoms with Gasteiger partial charge in [0.05, 0.1) is 38.1 Å². The molecule has 3 rings (SSSR count). The number of rotatable bonds is 6. The van der Waals surface area contributed by atoms with Crippen molar-refractivity contribution in [2.45, 2.75) is 25.3 Å². The topological polar surface area (TPSA) is 86.1 Å². The van der Waals surface area contributed by atoms with Crippen LogP contribution >= 0.6 is 0 Å². The molecule has 2 atom stereocenters. The van der Waals surface area contributed by atoms with E-state index in [2.05, 4.69) is 17.4 Å². The molecule has 158 valence electrons. The third-order valence-electron chi connectivity index (χ3n) is 5.52. The Labute approximate surface area is 176 Å². The number of esters is 2. The van der Waals surface area contributed by atoms with Gasteiger partial charge in [-0.3, -0.25) is 4.79 Å². The van der Waals surface area contributed by atoms with Gasteiger partial charge in [-0.25, -0.2) is 9.59 Å². The minimum Gasteiger partial charge on any atom is -0.465 e. The molecule has 0 spiro atoms. The fraction of sp³-hybridized carbons (Fsp3) is 0.348. The van der Waals surface area contributed by atoms with Gasteiger partial charge in [-0.2, -0.15) is 0 Å². The van der Waals surface area contributed by atoms with Gasteiger partial charge in [0.15, 0.2) is 6.54 Å². The van der Waals surface area contributed by atoms with E-state index in [0.717, 1.165) is 24.2 Å². The zero-order valence-electron chi connectivity index (χ0n) is 17.5. The Bertz CT molecular complexity index is 956. The molecule has 0 saturated carbocycles. The van der Waals surface area contributed by atoms with E-state index in [0.29, 0.717) is 0 Å². The summed E-state index contributed by atoms with van der Waals surface area (Å²) in [6, 6.07) is 12.9. The summed E-state index contributed by atoms with van der Waals surface area (Å²) in [4.78, 5) is 37.8. The summed E-state index contributed by atoms with van der Waals surface area (Å²) in [5.74, 6) is -1.39. The number of amides is 1. The normalized spacial score (nSPS) is 16.2. The van der Waals surface area contributed by atoms with Gasteiger partial charge in [-0.1, -0.05) is 24.3 Å². The van der Waals surface area contributed by atoms with Crippen molar-refractivity contribution in [3.63, 3.8) is 0 Å². The van der Waals surface area contributed by atoms with Crippen molar-refractivity contribution in [3.8, 4) is 0 Å². The summed E-state index contributed by atoms with van der Waals surface area (Å²) < 4.78 is 9.52. The summed E-state index contributed by atoms with van der Waals surface area (Å²) in [6.07, 6.45) is 3.17. The third-order valence-corrected chi connectivity index (χ3v) is 5.52. The van der Waals surface area contributed by atoms with Crippen LogP contribution in [0.15, 0.2) is 42.5 Å². The molecule has 0 aromatic heterocycles. The van der Waals surface area contributed by atoms with Crippen LogP contribution in [-0.4, -0.2) is 45.7 Å². The van der Waals surface area contributed by atoms with Crippen LogP contribution in [0.25, 0.3) is 0 Å². The Kier molecular flexibility index (Phi) is 6.84. The van der Waals surface area contributed by atoms with E-state index in [1.165, 1.54) is 43.5 Å². The monoisotopic (exact) mass is 411 g/mol. The highest BCUT2D eigenvalue weighted by atomic mass is 16.5. The van der Waals surface area contributed by atoms with Crippen molar-refractivity contribution >= 4 is 23.5 Å². The van der Waals surface area contributed by atoms with Gasteiger partial charge in [-0.05, 0) is 36.6 Å². The number of hydrogen-bond acceptors (Lipinski definition) is 5. The number of likely N-dealkylation sites (N-methyl/N-ethyl adjacent to an activating group) is 1. The number of ether oxygens (including phenoxy) is 2. The van der Waals surface area contributed by atoms with Crippen LogP contribution in [0.3, 0.4) is 0 Å². The zero-order chi connectivity index (χ0) is 21.7. The van der Waals surface area contributed by atoms with E-state index in [1.807, 2.05) is 19.2 Å². The van der Waals surface area contributed by atoms with Crippen molar-refractivity contribution in [1.82, 2.24) is 0 Å². The lowest BCUT2D eigenvalue weighted by atomic mass is 9.87. The molecule has 1 unspecified atom stereocenters. The first-order valence-electron chi connectivity index (χ1n) is 9.95. The molecule has 0 bridgehead atoms. The quantitative estimate of drug-likeness (QED) is 0.708. The Morgan fingerprint density at radius 2 is 1.80 bits per heavy atom. The number of carbonyl (C=O) groups excluding carboxylic acids is 3. The molecule has 0 aliphatic heterocycles. The molecule has 2 aromatic rings. The van der Waals surface area contributed by atoms with Crippen LogP contribution in [0.5, 0.6) is 0 Å². The molecule has 1 aliphatic carbocycles. The predicted molar refractivity (Wildman–Crippen MR) is 112 cm³/mol. The van der Waals surface area contributed by atoms with E-state index >= 15 is 0 Å². The molecule has 2 N–H and O–H groups in total. The summed E-state index contributed by atoms with van der Waals surface area (Å²) in [5, 5.41) is 2.77. The van der Waals surface area contributed by atoms with E-state index < -0.39 is 11.9 Å². The molecule has 0 radical (unpaired) electrons. The minimum atomic E-state index is -0.594. The van der Waals surface area contributed by atoms with Crippen molar-refractivity contribution in [2.75, 3.05) is 33.1 Å². The van der Waals surface area contributed by atoms with Crippen LogP contribution in [0.1, 0.15) is 50.7 Å². The van der Waals surface area contributed by atoms with Crippen LogP contribution < -0.4 is 10.2 Å². The minimum absolute atomic E-state index is 0.180. The Morgan fingerprint density at radius 1 is 1.07 bits per heavy atom. The molecule has 7 heteroatoms. The van der Waals surface area contributed by atoms with Gasteiger partial charge in [0.2, 0.25) is 0 Å². The third kappa shape index (κ3) is 4.68. The Balaban J connectivity index is 1.77. The van der Waals surface area contributed by atoms with Crippen molar-refractivity contribution in [2.24, 2.45) is 0 Å². The molecule has 0 saturated heterocycles. The van der Waals surface area contributed by atoms with Crippen molar-refractivity contribution < 1.29 is 28.8 Å². The molecule has 30 heavy (non-hydrogen) atoms. The first-order valence-corrected chi connectivity index (χ1v) is 9.95. The van der Waals surface area contributed by atoms with Crippen LogP contribution in [-0.2, 0) is 20.7 Å². The molecule has 2 aromatic carbocycles. The number of benzene rings is 2. The van der Waals surface area contributed by atoms with E-state index in [4.69, 9.17) is 9.47 Å². The summed E-state index contributed by atoms with van der Waals surface area (Å²) >= 11 is 0. The molecule has 0 heterocycles. The summed E-state index contributed by atoms with van der Waals surface area (Å²) in [6.45, 7) is 0.224. The number of fused-ring (bicyclic) bond motifs is 1. The molecular formula is C23H27N2O5+.